The highest BCUT2D eigenvalue weighted by molar-refractivity contribution is 5.96. The number of hydrogen-bond acceptors (Lipinski definition) is 7. The van der Waals surface area contributed by atoms with Crippen LogP contribution in [-0.4, -0.2) is 52.6 Å². The van der Waals surface area contributed by atoms with E-state index in [2.05, 4.69) is 15.6 Å². The fraction of sp³-hybridized carbons (Fsp3) is 0.242. The monoisotopic (exact) mass is 599 g/mol. The van der Waals surface area contributed by atoms with Gasteiger partial charge in [0, 0.05) is 11.6 Å². The molecule has 0 saturated heterocycles. The number of carboxylic acid groups (broad SMARTS) is 1. The van der Waals surface area contributed by atoms with Gasteiger partial charge in [-0.25, -0.2) is 9.59 Å². The molecule has 11 nitrogen and oxygen atoms in total. The number of benzene rings is 3. The Balaban J connectivity index is 0.000000335. The maximum atomic E-state index is 12.7. The smallest absolute Gasteiger partial charge is 0.408 e. The Morgan fingerprint density at radius 2 is 1.45 bits per heavy atom. The van der Waals surface area contributed by atoms with E-state index in [0.717, 1.165) is 22.0 Å². The van der Waals surface area contributed by atoms with Gasteiger partial charge < -0.3 is 31.9 Å². The molecule has 0 aliphatic heterocycles. The van der Waals surface area contributed by atoms with Crippen LogP contribution in [0, 0.1) is 0 Å². The van der Waals surface area contributed by atoms with Gasteiger partial charge in [0.2, 0.25) is 11.8 Å². The number of aliphatic carboxylic acids is 1. The molecule has 0 radical (unpaired) electrons. The van der Waals surface area contributed by atoms with E-state index in [1.807, 2.05) is 84.9 Å². The van der Waals surface area contributed by atoms with Crippen LogP contribution in [0.15, 0.2) is 97.2 Å². The van der Waals surface area contributed by atoms with Crippen LogP contribution < -0.4 is 22.1 Å². The van der Waals surface area contributed by atoms with Crippen molar-refractivity contribution in [2.24, 2.45) is 11.5 Å². The van der Waals surface area contributed by atoms with Gasteiger partial charge in [-0.05, 0) is 55.5 Å². The number of carbonyl (C=O) groups excluding carboxylic acids is 3. The Labute approximate surface area is 255 Å². The predicted molar refractivity (Wildman–Crippen MR) is 166 cm³/mol. The predicted octanol–water partition coefficient (Wildman–Crippen LogP) is 3.56. The number of hydrogen-bond donors (Lipinski definition) is 5. The van der Waals surface area contributed by atoms with Gasteiger partial charge in [-0.15, -0.1) is 0 Å². The number of aryl methyl sites for hydroxylation is 1. The van der Waals surface area contributed by atoms with Crippen LogP contribution in [0.1, 0.15) is 40.7 Å². The van der Waals surface area contributed by atoms with E-state index in [1.54, 1.807) is 6.07 Å². The second-order valence-corrected chi connectivity index (χ2v) is 9.89. The summed E-state index contributed by atoms with van der Waals surface area (Å²) < 4.78 is 5.17. The molecular formula is C33H37N5O6. The van der Waals surface area contributed by atoms with Gasteiger partial charge in [-0.3, -0.25) is 14.6 Å². The van der Waals surface area contributed by atoms with E-state index in [-0.39, 0.29) is 19.4 Å². The number of primary amides is 1. The summed E-state index contributed by atoms with van der Waals surface area (Å²) in [7, 11) is 0. The molecule has 0 aliphatic rings. The molecule has 7 N–H and O–H groups in total. The minimum atomic E-state index is -1.13. The molecule has 0 spiro atoms. The molecule has 0 aliphatic carbocycles. The van der Waals surface area contributed by atoms with E-state index < -0.39 is 36.0 Å². The summed E-state index contributed by atoms with van der Waals surface area (Å²) >= 11 is 0. The molecule has 0 bridgehead atoms. The molecule has 230 valence electrons. The lowest BCUT2D eigenvalue weighted by molar-refractivity contribution is -0.142. The van der Waals surface area contributed by atoms with Crippen molar-refractivity contribution in [1.29, 1.82) is 0 Å². The summed E-state index contributed by atoms with van der Waals surface area (Å²) in [5.74, 6) is -2.16. The maximum Gasteiger partial charge on any atom is 0.408 e. The summed E-state index contributed by atoms with van der Waals surface area (Å²) in [5, 5.41) is 15.5. The highest BCUT2D eigenvalue weighted by Gasteiger charge is 2.26. The quantitative estimate of drug-likeness (QED) is 0.154. The van der Waals surface area contributed by atoms with Crippen molar-refractivity contribution < 1.29 is 29.0 Å². The third-order valence-electron chi connectivity index (χ3n) is 6.57. The number of aromatic nitrogens is 1. The molecule has 0 saturated carbocycles. The van der Waals surface area contributed by atoms with Crippen molar-refractivity contribution in [2.75, 3.05) is 6.54 Å². The zero-order valence-corrected chi connectivity index (χ0v) is 24.2. The maximum absolute atomic E-state index is 12.7. The van der Waals surface area contributed by atoms with E-state index in [0.29, 0.717) is 24.9 Å². The second-order valence-electron chi connectivity index (χ2n) is 9.89. The highest BCUT2D eigenvalue weighted by Crippen LogP contribution is 2.12. The summed E-state index contributed by atoms with van der Waals surface area (Å²) in [6, 6.07) is 25.9. The number of nitrogens with two attached hydrogens (primary N) is 2. The molecule has 44 heavy (non-hydrogen) atoms. The lowest BCUT2D eigenvalue weighted by atomic mass is 10.0. The van der Waals surface area contributed by atoms with E-state index >= 15 is 0 Å². The van der Waals surface area contributed by atoms with E-state index in [4.69, 9.17) is 16.2 Å². The van der Waals surface area contributed by atoms with Crippen LogP contribution in [0.25, 0.3) is 10.9 Å². The number of fused-ring (bicyclic) bond motifs is 1. The standard InChI is InChI=1S/C23H29N3O5.C10H8N2O/c24-15-7-12-19(26-23(30)31-16-18-10-5-2-6-11-18)21(27)25-20(22(28)29)14-13-17-8-3-1-4-9-17;11-10(13)8-5-7-3-1-2-4-9(7)12-6-8/h1-6,8-11,19-20H,7,12-16,24H2,(H,25,27)(H,26,30)(H,28,29);1-6H,(H2,11,13)/t19-,20+;/m0./s1. The molecule has 0 unspecified atom stereocenters. The number of ether oxygens (including phenoxy) is 1. The molecule has 0 fully saturated rings. The molecule has 2 atom stereocenters. The molecular weight excluding hydrogens is 562 g/mol. The highest BCUT2D eigenvalue weighted by atomic mass is 16.5. The van der Waals surface area contributed by atoms with E-state index in [9.17, 15) is 24.3 Å². The van der Waals surface area contributed by atoms with Gasteiger partial charge in [0.05, 0.1) is 11.1 Å². The average Bonchev–Trinajstić information content (AvgIpc) is 3.04. The third-order valence-corrected chi connectivity index (χ3v) is 6.57. The van der Waals surface area contributed by atoms with Crippen LogP contribution in [0.3, 0.4) is 0 Å². The van der Waals surface area contributed by atoms with Crippen molar-refractivity contribution in [3.63, 3.8) is 0 Å². The van der Waals surface area contributed by atoms with Crippen molar-refractivity contribution >= 4 is 34.8 Å². The van der Waals surface area contributed by atoms with E-state index in [1.165, 1.54) is 6.20 Å². The molecule has 3 amide bonds. The van der Waals surface area contributed by atoms with Crippen LogP contribution in [-0.2, 0) is 27.4 Å². The first kappa shape index (κ1) is 33.2. The minimum Gasteiger partial charge on any atom is -0.480 e. The number of para-hydroxylation sites is 1. The molecule has 1 heterocycles. The van der Waals surface area contributed by atoms with Gasteiger partial charge in [0.1, 0.15) is 18.7 Å². The fourth-order valence-electron chi connectivity index (χ4n) is 4.19. The Bertz CT molecular complexity index is 1520. The SMILES string of the molecule is NC(=O)c1cnc2ccccc2c1.NCCC[C@H](NC(=O)OCc1ccccc1)C(=O)N[C@H](CCc1ccccc1)C(=O)O. The Hall–Kier alpha value is -5.29. The van der Waals surface area contributed by atoms with Gasteiger partial charge >= 0.3 is 12.1 Å². The van der Waals surface area contributed by atoms with Crippen LogP contribution >= 0.6 is 0 Å². The minimum absolute atomic E-state index is 0.0622. The summed E-state index contributed by atoms with van der Waals surface area (Å²) in [4.78, 5) is 51.4. The molecule has 11 heteroatoms. The Morgan fingerprint density at radius 3 is 2.09 bits per heavy atom. The first-order valence-corrected chi connectivity index (χ1v) is 14.2. The number of rotatable bonds is 13. The summed E-state index contributed by atoms with van der Waals surface area (Å²) in [6.07, 6.45) is 2.22. The van der Waals surface area contributed by atoms with Crippen molar-refractivity contribution in [1.82, 2.24) is 15.6 Å². The van der Waals surface area contributed by atoms with Crippen LogP contribution in [0.4, 0.5) is 4.79 Å². The Morgan fingerprint density at radius 1 is 0.818 bits per heavy atom. The average molecular weight is 600 g/mol. The number of carboxylic acids is 1. The largest absolute Gasteiger partial charge is 0.480 e. The van der Waals surface area contributed by atoms with Gasteiger partial charge in [0.15, 0.2) is 0 Å². The molecule has 4 rings (SSSR count). The van der Waals surface area contributed by atoms with Crippen molar-refractivity contribution in [2.45, 2.75) is 44.4 Å². The number of amides is 3. The number of nitrogens with zero attached hydrogens (tertiary/aromatic N) is 1. The number of carbonyl (C=O) groups is 4. The first-order valence-electron chi connectivity index (χ1n) is 14.2. The summed E-state index contributed by atoms with van der Waals surface area (Å²) in [5.41, 5.74) is 13.8. The van der Waals surface area contributed by atoms with Crippen molar-refractivity contribution in [3.05, 3.63) is 114 Å². The third kappa shape index (κ3) is 11.2. The Kier molecular flexibility index (Phi) is 13.3. The van der Waals surface area contributed by atoms with Gasteiger partial charge in [-0.2, -0.15) is 0 Å². The number of alkyl carbamates (subject to hydrolysis) is 1. The summed E-state index contributed by atoms with van der Waals surface area (Å²) in [6.45, 7) is 0.396. The van der Waals surface area contributed by atoms with Crippen LogP contribution in [0.2, 0.25) is 0 Å². The fourth-order valence-corrected chi connectivity index (χ4v) is 4.19. The lowest BCUT2D eigenvalue weighted by Gasteiger charge is -2.21. The molecule has 3 aromatic carbocycles. The second kappa shape index (κ2) is 17.6. The number of nitrogens with one attached hydrogen (secondary N) is 2. The van der Waals surface area contributed by atoms with Crippen LogP contribution in [0.5, 0.6) is 0 Å². The topological polar surface area (TPSA) is 187 Å². The first-order chi connectivity index (χ1) is 21.3. The molecule has 1 aromatic heterocycles. The van der Waals surface area contributed by atoms with Gasteiger partial charge in [0.25, 0.3) is 0 Å². The number of pyridine rings is 1. The normalized spacial score (nSPS) is 11.8. The van der Waals surface area contributed by atoms with Gasteiger partial charge in [-0.1, -0.05) is 78.9 Å². The molecule has 4 aromatic rings. The zero-order valence-electron chi connectivity index (χ0n) is 24.2. The zero-order chi connectivity index (χ0) is 31.7. The lowest BCUT2D eigenvalue weighted by Crippen LogP contribution is -2.51. The van der Waals surface area contributed by atoms with Crippen molar-refractivity contribution in [3.8, 4) is 0 Å².